The van der Waals surface area contributed by atoms with Gasteiger partial charge >= 0.3 is 5.97 Å². The number of hydrogen-bond acceptors (Lipinski definition) is 53. The zero-order valence-electron chi connectivity index (χ0n) is 73.0. The van der Waals surface area contributed by atoms with Crippen LogP contribution in [0.3, 0.4) is 0 Å². The highest BCUT2D eigenvalue weighted by molar-refractivity contribution is 5.77. The molecule has 0 aromatic carbocycles. The number of nitrogens with one attached hydrogen (secondary N) is 6. The Labute approximate surface area is 764 Å². The molecule has 135 heavy (non-hydrogen) atoms. The summed E-state index contributed by atoms with van der Waals surface area (Å²) in [6, 6.07) is -11.2. The van der Waals surface area contributed by atoms with Crippen LogP contribution in [-0.4, -0.2) is 568 Å². The van der Waals surface area contributed by atoms with Gasteiger partial charge in [0.25, 0.3) is 5.79 Å². The van der Waals surface area contributed by atoms with Crippen LogP contribution in [0, 0.1) is 0 Å². The quantitative estimate of drug-likeness (QED) is 0.0270. The lowest BCUT2D eigenvalue weighted by atomic mass is 9.88. The number of hydrogen-bond donors (Lipinski definition) is 35. The van der Waals surface area contributed by atoms with Gasteiger partial charge < -0.3 is 265 Å². The monoisotopic (exact) mass is 1970 g/mol. The van der Waals surface area contributed by atoms with E-state index in [2.05, 4.69) is 31.9 Å². The van der Waals surface area contributed by atoms with Gasteiger partial charge in [0.15, 0.2) is 50.3 Å². The third-order valence-electron chi connectivity index (χ3n) is 23.9. The second-order valence-corrected chi connectivity index (χ2v) is 33.7. The third kappa shape index (κ3) is 26.3. The van der Waals surface area contributed by atoms with Crippen LogP contribution in [0.2, 0.25) is 0 Å². The number of carbonyl (C=O) groups excluding carboxylic acids is 6. The molecule has 0 aromatic heterocycles. The van der Waals surface area contributed by atoms with Crippen LogP contribution in [0.5, 0.6) is 0 Å². The van der Waals surface area contributed by atoms with Crippen molar-refractivity contribution in [2.75, 3.05) is 72.7 Å². The molecule has 50 atom stereocenters. The van der Waals surface area contributed by atoms with Gasteiger partial charge in [0.05, 0.1) is 90.9 Å². The van der Waals surface area contributed by atoms with Gasteiger partial charge in [-0.05, 0) is 0 Å². The van der Waals surface area contributed by atoms with Gasteiger partial charge in [-0.2, -0.15) is 0 Å². The largest absolute Gasteiger partial charge is 0.477 e. The smallest absolute Gasteiger partial charge is 0.364 e. The van der Waals surface area contributed by atoms with Gasteiger partial charge in [0.1, 0.15) is 232 Å². The van der Waals surface area contributed by atoms with Crippen LogP contribution in [0.1, 0.15) is 48.0 Å². The Morgan fingerprint density at radius 1 is 0.333 bits per heavy atom. The second kappa shape index (κ2) is 49.9. The Hall–Kier alpha value is -5.55. The maximum Gasteiger partial charge on any atom is 0.364 e. The summed E-state index contributed by atoms with van der Waals surface area (Å²) in [6.45, 7) is -7.60. The molecule has 9 fully saturated rings. The fourth-order valence-corrected chi connectivity index (χ4v) is 16.9. The first kappa shape index (κ1) is 113. The Morgan fingerprint density at radius 2 is 0.681 bits per heavy atom. The summed E-state index contributed by atoms with van der Waals surface area (Å²) < 4.78 is 108. The summed E-state index contributed by atoms with van der Waals surface area (Å²) in [7, 11) is 0. The molecule has 9 saturated heterocycles. The standard InChI is InChI=1S/C75H126N6O54/c1-19(91)76-25(8-82)42(100)58(28(99)10-84)128-67-39(79-22(4)94)51(109)61(34(16-90)123-67)131-71-57(115)63(132-73-65(55(113)46(104)31(13-87)122-73)134-69-40(80-23(5)95)50(108)59(32(14-88)124-69)129-66-38(78-21(3)93)49(107)44(102)29(11-85)120-66)48(106)35(126-71)17-118-72-64(54(112)45(103)30(12-86)121-72)133-68-41(81-24(6)96)52(110)60(33(15-89)125-68)130-70-56(114)53(111)47(105)36(127-70)18-119-75(74(116)117)7-26(97)37(77-20(2)92)62(135-75)43(101)27(98)9-83/h25-73,82-90,97-115H,7-18H2,1-6H3,(H,76,91)(H,77,92)(H,78,93)(H,79,94)(H,80,95)(H,81,96)(H,116,117)/t25-,26-,27+,28+,29+,30+,31+,32+,33+,34+,35+,36+,37+,38+,39+,40+,41+,42+,43+,44-,45+,46+,47-,48+,49+,50+,51+,52+,53-,54-,55-,56+,57-,58+,59+,60+,61+,62+,63-,64-,65-,66-,67-,68-,69-,70-,71-,72-,73+,75+/m0/s1. The van der Waals surface area contributed by atoms with Crippen molar-refractivity contribution in [3.63, 3.8) is 0 Å². The van der Waals surface area contributed by atoms with E-state index in [1.165, 1.54) is 0 Å². The van der Waals surface area contributed by atoms with Gasteiger partial charge in [0, 0.05) is 48.0 Å². The lowest BCUT2D eigenvalue weighted by Crippen LogP contribution is -2.71. The van der Waals surface area contributed by atoms with Crippen molar-refractivity contribution >= 4 is 41.4 Å². The molecule has 9 rings (SSSR count). The Balaban J connectivity index is 1.04. The molecular weight excluding hydrogens is 1850 g/mol. The van der Waals surface area contributed by atoms with E-state index in [0.29, 0.717) is 0 Å². The summed E-state index contributed by atoms with van der Waals surface area (Å²) in [5.74, 6) is -10.8. The highest BCUT2D eigenvalue weighted by Gasteiger charge is 2.63. The molecule has 9 heterocycles. The Bertz CT molecular complexity index is 3760. The summed E-state index contributed by atoms with van der Waals surface area (Å²) in [5, 5.41) is 339. The fraction of sp³-hybridized carbons (Fsp3) is 0.907. The van der Waals surface area contributed by atoms with Gasteiger partial charge in [-0.1, -0.05) is 0 Å². The predicted molar refractivity (Wildman–Crippen MR) is 419 cm³/mol. The normalized spacial score (nSPS) is 43.9. The Morgan fingerprint density at radius 3 is 1.10 bits per heavy atom. The molecule has 9 aliphatic rings. The molecule has 0 aliphatic carbocycles. The third-order valence-corrected chi connectivity index (χ3v) is 23.9. The second-order valence-electron chi connectivity index (χ2n) is 33.7. The fourth-order valence-electron chi connectivity index (χ4n) is 16.9. The zero-order valence-corrected chi connectivity index (χ0v) is 73.0. The first-order valence-electron chi connectivity index (χ1n) is 42.7. The van der Waals surface area contributed by atoms with Crippen LogP contribution < -0.4 is 31.9 Å². The molecule has 0 unspecified atom stereocenters. The van der Waals surface area contributed by atoms with E-state index in [1.54, 1.807) is 0 Å². The van der Waals surface area contributed by atoms with Crippen LogP contribution in [-0.2, 0) is 119 Å². The molecule has 0 spiro atoms. The van der Waals surface area contributed by atoms with Crippen molar-refractivity contribution in [1.82, 2.24) is 31.9 Å². The van der Waals surface area contributed by atoms with E-state index in [0.717, 1.165) is 41.5 Å². The van der Waals surface area contributed by atoms with E-state index in [1.807, 2.05) is 0 Å². The van der Waals surface area contributed by atoms with Gasteiger partial charge in [0.2, 0.25) is 35.4 Å². The first-order valence-corrected chi connectivity index (χ1v) is 42.7. The number of carboxylic acids is 1. The number of amides is 6. The highest BCUT2D eigenvalue weighted by Crippen LogP contribution is 2.42. The lowest BCUT2D eigenvalue weighted by Gasteiger charge is -2.51. The van der Waals surface area contributed by atoms with E-state index < -0.39 is 427 Å². The highest BCUT2D eigenvalue weighted by atomic mass is 16.8. The number of ether oxygens (including phenoxy) is 18. The molecule has 60 nitrogen and oxygen atoms in total. The summed E-state index contributed by atoms with van der Waals surface area (Å²) in [4.78, 5) is 89.1. The maximum absolute atomic E-state index is 13.2. The van der Waals surface area contributed by atoms with Crippen LogP contribution in [0.4, 0.5) is 0 Å². The summed E-state index contributed by atoms with van der Waals surface area (Å²) >= 11 is 0. The average Bonchev–Trinajstić information content (AvgIpc) is 0.744. The number of aliphatic carboxylic acids is 1. The number of aliphatic hydroxyl groups is 28. The van der Waals surface area contributed by atoms with Crippen molar-refractivity contribution in [2.45, 2.75) is 354 Å². The van der Waals surface area contributed by atoms with Gasteiger partial charge in [-0.25, -0.2) is 4.79 Å². The molecule has 60 heteroatoms. The molecular formula is C75H126N6O54. The van der Waals surface area contributed by atoms with Crippen LogP contribution in [0.15, 0.2) is 0 Å². The maximum atomic E-state index is 13.2. The van der Waals surface area contributed by atoms with Crippen molar-refractivity contribution < 1.29 is 267 Å². The molecule has 35 N–H and O–H groups in total. The minimum absolute atomic E-state index is 0.838. The van der Waals surface area contributed by atoms with Gasteiger partial charge in [-0.15, -0.1) is 0 Å². The average molecular weight is 1980 g/mol. The molecule has 0 saturated carbocycles. The molecule has 0 bridgehead atoms. The number of carboxylic acid groups (broad SMARTS) is 1. The molecule has 780 valence electrons. The Kier molecular flexibility index (Phi) is 41.8. The molecule has 9 aliphatic heterocycles. The number of aliphatic hydroxyl groups excluding tert-OH is 28. The van der Waals surface area contributed by atoms with Crippen molar-refractivity contribution in [2.24, 2.45) is 0 Å². The minimum Gasteiger partial charge on any atom is -0.477 e. The van der Waals surface area contributed by atoms with Crippen LogP contribution in [0.25, 0.3) is 0 Å². The van der Waals surface area contributed by atoms with Crippen molar-refractivity contribution in [3.05, 3.63) is 0 Å². The zero-order chi connectivity index (χ0) is 100. The van der Waals surface area contributed by atoms with E-state index in [-0.39, 0.29) is 0 Å². The lowest BCUT2D eigenvalue weighted by molar-refractivity contribution is -0.398. The summed E-state index contributed by atoms with van der Waals surface area (Å²) in [6.07, 6.45) is -96.5. The van der Waals surface area contributed by atoms with E-state index in [9.17, 15) is 182 Å². The molecule has 0 radical (unpaired) electrons. The number of carbonyl (C=O) groups is 7. The van der Waals surface area contributed by atoms with Crippen molar-refractivity contribution in [1.29, 1.82) is 0 Å². The van der Waals surface area contributed by atoms with E-state index >= 15 is 0 Å². The van der Waals surface area contributed by atoms with Crippen molar-refractivity contribution in [3.8, 4) is 0 Å². The summed E-state index contributed by atoms with van der Waals surface area (Å²) in [5.41, 5.74) is 0. The number of rotatable bonds is 41. The van der Waals surface area contributed by atoms with Crippen LogP contribution >= 0.6 is 0 Å². The van der Waals surface area contributed by atoms with E-state index in [4.69, 9.17) is 85.3 Å². The first-order chi connectivity index (χ1) is 63.6. The minimum atomic E-state index is -3.10. The predicted octanol–water partition coefficient (Wildman–Crippen LogP) is -23.1. The van der Waals surface area contributed by atoms with Gasteiger partial charge in [-0.3, -0.25) is 28.8 Å². The molecule has 6 amide bonds. The SMILES string of the molecule is CC(=O)N[C@H]1[C@H](O[C@@H]([C@H](O)[C@H](CO)NC(C)=O)[C@H](O)CO)O[C@H](CO)[C@@H](O[C@@H]2O[C@H](CO[C@H]3O[C@H](CO)[C@@H](O)[C@H](O)[C@@H]3O[C@@H]3O[C@H](CO)[C@@H](O[C@@H]4O[C@H](CO[C@]5(C(=O)O)C[C@H](O)[C@@H](NC(C)=O)[C@H]([C@H](O)[C@H](O)CO)O5)[C@H](O)[C@H](O)[C@H]4O)[C@H](O)[C@H]3NC(C)=O)[C@@H](O)[C@H](O[C@H]3O[C@H](CO)[C@@H](O)[C@H](O)[C@@H]3O[C@@H]3O[C@H](CO)[C@@H](O[C@@H]4O[C@H](CO)[C@H](O)[C@H](O)[C@H]4NC(C)=O)[C@H](O)[C@H]3NC(C)=O)[C@@H]2O)[C@@H]1O. The molecule has 0 aromatic rings. The topological polar surface area (TPSA) is 944 Å².